The maximum absolute atomic E-state index is 11.7. The van der Waals surface area contributed by atoms with Gasteiger partial charge in [0.15, 0.2) is 16.3 Å². The highest BCUT2D eigenvalue weighted by Crippen LogP contribution is 2.32. The molecule has 2 heterocycles. The Morgan fingerprint density at radius 3 is 2.59 bits per heavy atom. The maximum atomic E-state index is 11.7. The minimum absolute atomic E-state index is 0.223. The van der Waals surface area contributed by atoms with Crippen molar-refractivity contribution >= 4 is 23.1 Å². The zero-order chi connectivity index (χ0) is 11.8. The number of fused-ring (bicyclic) bond motifs is 2. The number of benzene rings is 1. The predicted octanol–water partition coefficient (Wildman–Crippen LogP) is 1.75. The molecule has 2 aromatic rings. The highest BCUT2D eigenvalue weighted by atomic mass is 32.1. The summed E-state index contributed by atoms with van der Waals surface area (Å²) in [5, 5.41) is 0.517. The van der Waals surface area contributed by atoms with Crippen LogP contribution in [0.15, 0.2) is 16.9 Å². The van der Waals surface area contributed by atoms with Gasteiger partial charge in [-0.25, -0.2) is 0 Å². The second-order valence-corrected chi connectivity index (χ2v) is 4.21. The van der Waals surface area contributed by atoms with Crippen LogP contribution < -0.4 is 15.0 Å². The van der Waals surface area contributed by atoms with Crippen LogP contribution in [-0.4, -0.2) is 23.2 Å². The number of H-pyrrole nitrogens is 2. The van der Waals surface area contributed by atoms with E-state index in [1.807, 2.05) is 0 Å². The lowest BCUT2D eigenvalue weighted by molar-refractivity contribution is 0.297. The molecule has 0 fully saturated rings. The summed E-state index contributed by atoms with van der Waals surface area (Å²) in [6.45, 7) is 1.21. The molecular formula is C11H10N2O3S. The smallest absolute Gasteiger partial charge is 0.259 e. The summed E-state index contributed by atoms with van der Waals surface area (Å²) in [5.41, 5.74) is 0.433. The molecule has 0 atom stereocenters. The molecule has 0 saturated carbocycles. The molecule has 6 heteroatoms. The van der Waals surface area contributed by atoms with Gasteiger partial charge >= 0.3 is 0 Å². The van der Waals surface area contributed by atoms with Gasteiger partial charge in [0.2, 0.25) is 0 Å². The third-order valence-electron chi connectivity index (χ3n) is 2.61. The van der Waals surface area contributed by atoms with Gasteiger partial charge in [0.1, 0.15) is 0 Å². The fourth-order valence-corrected chi connectivity index (χ4v) is 2.03. The molecule has 5 nitrogen and oxygen atoms in total. The van der Waals surface area contributed by atoms with E-state index in [-0.39, 0.29) is 5.56 Å². The Morgan fingerprint density at radius 1 is 1.12 bits per heavy atom. The van der Waals surface area contributed by atoms with Crippen molar-refractivity contribution in [2.45, 2.75) is 6.42 Å². The Balaban J connectivity index is 2.33. The lowest BCUT2D eigenvalue weighted by Crippen LogP contribution is -2.08. The van der Waals surface area contributed by atoms with Crippen LogP contribution in [0.3, 0.4) is 0 Å². The van der Waals surface area contributed by atoms with Crippen molar-refractivity contribution in [1.82, 2.24) is 9.97 Å². The van der Waals surface area contributed by atoms with Gasteiger partial charge in [0.25, 0.3) is 5.56 Å². The van der Waals surface area contributed by atoms with Crippen molar-refractivity contribution in [2.75, 3.05) is 13.2 Å². The molecule has 0 unspecified atom stereocenters. The fourth-order valence-electron chi connectivity index (χ4n) is 1.82. The van der Waals surface area contributed by atoms with Gasteiger partial charge in [0.05, 0.1) is 24.1 Å². The van der Waals surface area contributed by atoms with Crippen molar-refractivity contribution in [2.24, 2.45) is 0 Å². The third-order valence-corrected chi connectivity index (χ3v) is 2.81. The molecule has 0 bridgehead atoms. The van der Waals surface area contributed by atoms with Crippen LogP contribution in [0.5, 0.6) is 11.5 Å². The molecule has 17 heavy (non-hydrogen) atoms. The summed E-state index contributed by atoms with van der Waals surface area (Å²) in [7, 11) is 0. The molecule has 0 amide bonds. The van der Waals surface area contributed by atoms with Crippen molar-refractivity contribution in [3.05, 3.63) is 27.3 Å². The summed E-state index contributed by atoms with van der Waals surface area (Å²) >= 11 is 4.93. The second kappa shape index (κ2) is 3.89. The number of nitrogens with one attached hydrogen (secondary N) is 2. The molecule has 1 aromatic carbocycles. The van der Waals surface area contributed by atoms with Gasteiger partial charge in [-0.05, 0) is 18.3 Å². The van der Waals surface area contributed by atoms with Crippen molar-refractivity contribution in [1.29, 1.82) is 0 Å². The second-order valence-electron chi connectivity index (χ2n) is 3.80. The zero-order valence-electron chi connectivity index (χ0n) is 8.91. The van der Waals surface area contributed by atoms with E-state index >= 15 is 0 Å². The van der Waals surface area contributed by atoms with E-state index < -0.39 is 0 Å². The van der Waals surface area contributed by atoms with Gasteiger partial charge in [-0.2, -0.15) is 0 Å². The molecule has 0 radical (unpaired) electrons. The Kier molecular flexibility index (Phi) is 2.36. The average Bonchev–Trinajstić information content (AvgIpc) is 2.51. The number of rotatable bonds is 0. The molecule has 0 aliphatic carbocycles. The van der Waals surface area contributed by atoms with Crippen LogP contribution in [0.4, 0.5) is 0 Å². The Hall–Kier alpha value is -1.82. The number of hydrogen-bond acceptors (Lipinski definition) is 4. The maximum Gasteiger partial charge on any atom is 0.259 e. The van der Waals surface area contributed by atoms with Gasteiger partial charge in [-0.3, -0.25) is 9.78 Å². The Labute approximate surface area is 101 Å². The standard InChI is InChI=1S/C11H10N2O3S/c14-10-6-4-8-9(16-3-1-2-15-8)5-7(6)12-11(17)13-10/h4-5H,1-3H2,(H2,12,13,14,17). The van der Waals surface area contributed by atoms with E-state index in [1.165, 1.54) is 0 Å². The number of aromatic nitrogens is 2. The van der Waals surface area contributed by atoms with E-state index in [9.17, 15) is 4.79 Å². The molecule has 3 rings (SSSR count). The first-order valence-corrected chi connectivity index (χ1v) is 5.71. The van der Waals surface area contributed by atoms with Crippen LogP contribution in [-0.2, 0) is 0 Å². The number of hydrogen-bond donors (Lipinski definition) is 2. The summed E-state index contributed by atoms with van der Waals surface area (Å²) in [6, 6.07) is 3.43. The van der Waals surface area contributed by atoms with E-state index in [4.69, 9.17) is 21.7 Å². The topological polar surface area (TPSA) is 67.1 Å². The average molecular weight is 250 g/mol. The summed E-state index contributed by atoms with van der Waals surface area (Å²) in [4.78, 5) is 17.2. The largest absolute Gasteiger partial charge is 0.490 e. The molecular weight excluding hydrogens is 240 g/mol. The molecule has 1 aromatic heterocycles. The van der Waals surface area contributed by atoms with Crippen LogP contribution in [0.1, 0.15) is 6.42 Å². The Bertz CT molecular complexity index is 689. The lowest BCUT2D eigenvalue weighted by Gasteiger charge is -2.08. The minimum atomic E-state index is -0.223. The van der Waals surface area contributed by atoms with E-state index in [0.717, 1.165) is 6.42 Å². The molecule has 1 aliphatic rings. The molecule has 1 aliphatic heterocycles. The lowest BCUT2D eigenvalue weighted by atomic mass is 10.2. The molecule has 88 valence electrons. The zero-order valence-corrected chi connectivity index (χ0v) is 9.73. The Morgan fingerprint density at radius 2 is 1.82 bits per heavy atom. The first kappa shape index (κ1) is 10.3. The molecule has 2 N–H and O–H groups in total. The number of aromatic amines is 2. The molecule has 0 spiro atoms. The van der Waals surface area contributed by atoms with Gasteiger partial charge in [0, 0.05) is 12.5 Å². The van der Waals surface area contributed by atoms with E-state index in [2.05, 4.69) is 9.97 Å². The summed E-state index contributed by atoms with van der Waals surface area (Å²) < 4.78 is 11.4. The first-order chi connectivity index (χ1) is 8.24. The third kappa shape index (κ3) is 1.80. The van der Waals surface area contributed by atoms with Crippen LogP contribution in [0.25, 0.3) is 10.9 Å². The van der Waals surface area contributed by atoms with Crippen LogP contribution >= 0.6 is 12.2 Å². The van der Waals surface area contributed by atoms with Gasteiger partial charge < -0.3 is 14.5 Å². The predicted molar refractivity (Wildman–Crippen MR) is 65.4 cm³/mol. The highest BCUT2D eigenvalue weighted by Gasteiger charge is 2.13. The van der Waals surface area contributed by atoms with Gasteiger partial charge in [-0.15, -0.1) is 0 Å². The fraction of sp³-hybridized carbons (Fsp3) is 0.273. The normalized spacial score (nSPS) is 14.6. The monoisotopic (exact) mass is 250 g/mol. The van der Waals surface area contributed by atoms with Gasteiger partial charge in [-0.1, -0.05) is 0 Å². The first-order valence-electron chi connectivity index (χ1n) is 5.30. The van der Waals surface area contributed by atoms with Crippen LogP contribution in [0, 0.1) is 4.77 Å². The number of ether oxygens (including phenoxy) is 2. The summed E-state index contributed by atoms with van der Waals surface area (Å²) in [6.07, 6.45) is 0.831. The minimum Gasteiger partial charge on any atom is -0.490 e. The van der Waals surface area contributed by atoms with Crippen molar-refractivity contribution < 1.29 is 9.47 Å². The summed E-state index contributed by atoms with van der Waals surface area (Å²) in [5.74, 6) is 1.25. The van der Waals surface area contributed by atoms with Crippen molar-refractivity contribution in [3.8, 4) is 11.5 Å². The molecule has 0 saturated heterocycles. The SMILES string of the molecule is O=c1[nH]c(=S)[nH]c2cc3c(cc12)OCCCO3. The highest BCUT2D eigenvalue weighted by molar-refractivity contribution is 7.71. The quantitative estimate of drug-likeness (QED) is 0.699. The van der Waals surface area contributed by atoms with Crippen molar-refractivity contribution in [3.63, 3.8) is 0 Å². The van der Waals surface area contributed by atoms with Crippen LogP contribution in [0.2, 0.25) is 0 Å². The van der Waals surface area contributed by atoms with E-state index in [1.54, 1.807) is 12.1 Å². The van der Waals surface area contributed by atoms with E-state index in [0.29, 0.717) is 40.4 Å².